The van der Waals surface area contributed by atoms with Crippen molar-refractivity contribution in [3.63, 3.8) is 0 Å². The fourth-order valence-corrected chi connectivity index (χ4v) is 2.48. The van der Waals surface area contributed by atoms with Gasteiger partial charge in [-0.25, -0.2) is 4.79 Å². The number of anilines is 3. The molecule has 2 aromatic carbocycles. The lowest BCUT2D eigenvalue weighted by atomic mass is 10.1. The van der Waals surface area contributed by atoms with Crippen LogP contribution in [0.25, 0.3) is 0 Å². The van der Waals surface area contributed by atoms with Crippen molar-refractivity contribution in [3.8, 4) is 5.75 Å². The quantitative estimate of drug-likeness (QED) is 0.635. The van der Waals surface area contributed by atoms with Crippen molar-refractivity contribution in [3.05, 3.63) is 60.2 Å². The third-order valence-electron chi connectivity index (χ3n) is 3.62. The van der Waals surface area contributed by atoms with Gasteiger partial charge in [0.05, 0.1) is 17.1 Å². The molecule has 3 rings (SSSR count). The molecule has 0 aromatic heterocycles. The van der Waals surface area contributed by atoms with E-state index in [0.717, 1.165) is 28.7 Å². The zero-order valence-corrected chi connectivity index (χ0v) is 12.4. The molecule has 1 heterocycles. The van der Waals surface area contributed by atoms with E-state index in [0.29, 0.717) is 12.8 Å². The second-order valence-electron chi connectivity index (χ2n) is 5.18. The first-order valence-corrected chi connectivity index (χ1v) is 7.27. The number of hydrazine groups is 2. The number of phenolic OH excluding ortho intramolecular Hbond substituents is 1. The summed E-state index contributed by atoms with van der Waals surface area (Å²) in [5.74, 6) is -0.770. The van der Waals surface area contributed by atoms with Gasteiger partial charge in [-0.05, 0) is 36.6 Å². The van der Waals surface area contributed by atoms with Gasteiger partial charge < -0.3 is 15.6 Å². The molecule has 6 heteroatoms. The Balaban J connectivity index is 1.74. The summed E-state index contributed by atoms with van der Waals surface area (Å²) in [6.45, 7) is 0. The number of benzene rings is 2. The van der Waals surface area contributed by atoms with Crippen LogP contribution in [0, 0.1) is 0 Å². The van der Waals surface area contributed by atoms with Gasteiger partial charge in [-0.15, -0.1) is 5.53 Å². The van der Waals surface area contributed by atoms with Crippen LogP contribution < -0.4 is 16.0 Å². The Morgan fingerprint density at radius 3 is 2.83 bits per heavy atom. The fourth-order valence-electron chi connectivity index (χ4n) is 2.48. The van der Waals surface area contributed by atoms with Crippen molar-refractivity contribution >= 4 is 23.0 Å². The van der Waals surface area contributed by atoms with Crippen LogP contribution in [0.1, 0.15) is 12.0 Å². The number of carboxylic acids is 1. The highest BCUT2D eigenvalue weighted by atomic mass is 16.4. The van der Waals surface area contributed by atoms with Crippen LogP contribution in [0.2, 0.25) is 0 Å². The van der Waals surface area contributed by atoms with E-state index >= 15 is 0 Å². The van der Waals surface area contributed by atoms with E-state index < -0.39 is 5.97 Å². The minimum atomic E-state index is -0.962. The molecule has 0 saturated heterocycles. The lowest BCUT2D eigenvalue weighted by Crippen LogP contribution is -2.31. The zero-order chi connectivity index (χ0) is 16.2. The molecule has 0 aliphatic carbocycles. The van der Waals surface area contributed by atoms with E-state index in [1.54, 1.807) is 12.1 Å². The number of aryl methyl sites for hydroxylation is 1. The SMILES string of the molecule is O=C(O)C=CCCc1ccc(N2NNc3ccccc32)cc1O. The van der Waals surface area contributed by atoms with Gasteiger partial charge in [-0.1, -0.05) is 24.3 Å². The molecular weight excluding hydrogens is 294 g/mol. The highest BCUT2D eigenvalue weighted by Crippen LogP contribution is 2.36. The molecule has 2 aromatic rings. The average Bonchev–Trinajstić information content (AvgIpc) is 2.96. The van der Waals surface area contributed by atoms with Crippen molar-refractivity contribution in [1.29, 1.82) is 0 Å². The Hall–Kier alpha value is -2.99. The summed E-state index contributed by atoms with van der Waals surface area (Å²) in [6, 6.07) is 13.3. The van der Waals surface area contributed by atoms with Crippen molar-refractivity contribution in [2.24, 2.45) is 0 Å². The summed E-state index contributed by atoms with van der Waals surface area (Å²) in [5, 5.41) is 20.6. The first-order chi connectivity index (χ1) is 11.1. The Morgan fingerprint density at radius 1 is 1.22 bits per heavy atom. The van der Waals surface area contributed by atoms with Crippen molar-refractivity contribution in [1.82, 2.24) is 5.53 Å². The number of nitrogens with zero attached hydrogens (tertiary/aromatic N) is 1. The van der Waals surface area contributed by atoms with E-state index in [1.807, 2.05) is 41.4 Å². The van der Waals surface area contributed by atoms with Crippen molar-refractivity contribution < 1.29 is 15.0 Å². The third kappa shape index (κ3) is 3.27. The van der Waals surface area contributed by atoms with E-state index in [-0.39, 0.29) is 5.75 Å². The van der Waals surface area contributed by atoms with Crippen LogP contribution in [0.3, 0.4) is 0 Å². The Bertz CT molecular complexity index is 758. The topological polar surface area (TPSA) is 84.8 Å². The highest BCUT2D eigenvalue weighted by molar-refractivity contribution is 5.80. The predicted octanol–water partition coefficient (Wildman–Crippen LogP) is 2.95. The van der Waals surface area contributed by atoms with Crippen LogP contribution >= 0.6 is 0 Å². The monoisotopic (exact) mass is 311 g/mol. The molecule has 0 atom stereocenters. The molecule has 0 spiro atoms. The van der Waals surface area contributed by atoms with E-state index in [4.69, 9.17) is 5.11 Å². The molecule has 6 nitrogen and oxygen atoms in total. The van der Waals surface area contributed by atoms with Gasteiger partial charge in [0, 0.05) is 12.1 Å². The van der Waals surface area contributed by atoms with Gasteiger partial charge in [0.15, 0.2) is 0 Å². The maximum atomic E-state index is 10.4. The fraction of sp³-hybridized carbons (Fsp3) is 0.118. The third-order valence-corrected chi connectivity index (χ3v) is 3.62. The second kappa shape index (κ2) is 6.41. The summed E-state index contributed by atoms with van der Waals surface area (Å²) in [4.78, 5) is 10.4. The number of phenols is 1. The summed E-state index contributed by atoms with van der Waals surface area (Å²) in [5.41, 5.74) is 9.65. The van der Waals surface area contributed by atoms with E-state index in [1.165, 1.54) is 0 Å². The lowest BCUT2D eigenvalue weighted by Gasteiger charge is -2.18. The number of rotatable bonds is 5. The molecule has 0 unspecified atom stereocenters. The Labute approximate surface area is 133 Å². The largest absolute Gasteiger partial charge is 0.508 e. The van der Waals surface area contributed by atoms with Crippen LogP contribution in [0.5, 0.6) is 5.75 Å². The number of allylic oxidation sites excluding steroid dienone is 1. The zero-order valence-electron chi connectivity index (χ0n) is 12.4. The standard InChI is InChI=1S/C17H17N3O3/c21-16-11-13(10-9-12(16)5-1-4-8-17(22)23)20-15-7-3-2-6-14(15)18-19-20/h2-4,6-11,18-19,21H,1,5H2,(H,22,23). The van der Waals surface area contributed by atoms with Gasteiger partial charge in [0.1, 0.15) is 5.75 Å². The van der Waals surface area contributed by atoms with Gasteiger partial charge >= 0.3 is 5.97 Å². The molecule has 0 saturated carbocycles. The number of carboxylic acid groups (broad SMARTS) is 1. The lowest BCUT2D eigenvalue weighted by molar-refractivity contribution is -0.131. The number of hydrogen-bond acceptors (Lipinski definition) is 5. The Kier molecular flexibility index (Phi) is 4.16. The molecule has 4 N–H and O–H groups in total. The van der Waals surface area contributed by atoms with Crippen LogP contribution in [-0.2, 0) is 11.2 Å². The van der Waals surface area contributed by atoms with Gasteiger partial charge in [0.2, 0.25) is 0 Å². The minimum Gasteiger partial charge on any atom is -0.508 e. The Morgan fingerprint density at radius 2 is 2.04 bits per heavy atom. The molecule has 0 bridgehead atoms. The molecule has 1 aliphatic heterocycles. The van der Waals surface area contributed by atoms with E-state index in [2.05, 4.69) is 11.0 Å². The van der Waals surface area contributed by atoms with Crippen LogP contribution in [0.15, 0.2) is 54.6 Å². The smallest absolute Gasteiger partial charge is 0.327 e. The molecular formula is C17H17N3O3. The van der Waals surface area contributed by atoms with Crippen LogP contribution in [-0.4, -0.2) is 16.2 Å². The summed E-state index contributed by atoms with van der Waals surface area (Å²) in [7, 11) is 0. The average molecular weight is 311 g/mol. The van der Waals surface area contributed by atoms with Gasteiger partial charge in [0.25, 0.3) is 0 Å². The number of aromatic hydroxyl groups is 1. The number of nitrogens with one attached hydrogen (secondary N) is 2. The maximum Gasteiger partial charge on any atom is 0.327 e. The second-order valence-corrected chi connectivity index (χ2v) is 5.18. The molecule has 1 aliphatic rings. The minimum absolute atomic E-state index is 0.192. The molecule has 0 fully saturated rings. The van der Waals surface area contributed by atoms with Gasteiger partial charge in [-0.2, -0.15) is 0 Å². The maximum absolute atomic E-state index is 10.4. The first kappa shape index (κ1) is 14.9. The normalized spacial score (nSPS) is 13.1. The molecule has 0 radical (unpaired) electrons. The number of aliphatic carboxylic acids is 1. The summed E-state index contributed by atoms with van der Waals surface area (Å²) < 4.78 is 0. The predicted molar refractivity (Wildman–Crippen MR) is 88.5 cm³/mol. The van der Waals surface area contributed by atoms with Gasteiger partial charge in [-0.3, -0.25) is 5.01 Å². The number of fused-ring (bicyclic) bond motifs is 1. The summed E-state index contributed by atoms with van der Waals surface area (Å²) in [6.07, 6.45) is 3.84. The molecule has 118 valence electrons. The molecule has 23 heavy (non-hydrogen) atoms. The number of hydrogen-bond donors (Lipinski definition) is 4. The van der Waals surface area contributed by atoms with Crippen LogP contribution in [0.4, 0.5) is 17.1 Å². The summed E-state index contributed by atoms with van der Waals surface area (Å²) >= 11 is 0. The van der Waals surface area contributed by atoms with E-state index in [9.17, 15) is 9.90 Å². The molecule has 0 amide bonds. The van der Waals surface area contributed by atoms with Crippen molar-refractivity contribution in [2.75, 3.05) is 10.4 Å². The highest BCUT2D eigenvalue weighted by Gasteiger charge is 2.19. The van der Waals surface area contributed by atoms with Crippen molar-refractivity contribution in [2.45, 2.75) is 12.8 Å². The number of carbonyl (C=O) groups is 1. The first-order valence-electron chi connectivity index (χ1n) is 7.27. The number of para-hydroxylation sites is 2.